The number of carbonyl (C=O) groups excluding carboxylic acids is 1. The van der Waals surface area contributed by atoms with Gasteiger partial charge in [-0.05, 0) is 31.5 Å². The highest BCUT2D eigenvalue weighted by Gasteiger charge is 2.19. The standard InChI is InChI=1S/C19H19N3O2/c1-11-4-6-14(7-5-11)19(24)18-12(2)10-16(20-18)13(3)15-8-9-17(23)22-21-15/h4-10,13,20H,1-3H3,(H,22,23). The maximum Gasteiger partial charge on any atom is 0.264 e. The van der Waals surface area contributed by atoms with Crippen molar-refractivity contribution in [3.8, 4) is 0 Å². The van der Waals surface area contributed by atoms with E-state index in [1.807, 2.05) is 51.1 Å². The van der Waals surface area contributed by atoms with E-state index in [-0.39, 0.29) is 17.3 Å². The highest BCUT2D eigenvalue weighted by molar-refractivity contribution is 6.08. The van der Waals surface area contributed by atoms with Crippen molar-refractivity contribution in [3.05, 3.63) is 86.6 Å². The average molecular weight is 321 g/mol. The highest BCUT2D eigenvalue weighted by Crippen LogP contribution is 2.24. The van der Waals surface area contributed by atoms with Crippen LogP contribution < -0.4 is 5.56 Å². The first-order chi connectivity index (χ1) is 11.5. The number of carbonyl (C=O) groups is 1. The number of ketones is 1. The SMILES string of the molecule is Cc1ccc(C(=O)c2[nH]c(C(C)c3ccc(=O)[nH]n3)cc2C)cc1. The van der Waals surface area contributed by atoms with Gasteiger partial charge in [-0.1, -0.05) is 36.8 Å². The van der Waals surface area contributed by atoms with E-state index in [0.29, 0.717) is 11.3 Å². The smallest absolute Gasteiger partial charge is 0.264 e. The molecule has 1 atom stereocenters. The second-order valence-corrected chi connectivity index (χ2v) is 6.05. The molecule has 0 saturated heterocycles. The van der Waals surface area contributed by atoms with Gasteiger partial charge in [0.05, 0.1) is 11.4 Å². The zero-order valence-corrected chi connectivity index (χ0v) is 13.9. The lowest BCUT2D eigenvalue weighted by Crippen LogP contribution is -2.10. The molecule has 5 heteroatoms. The summed E-state index contributed by atoms with van der Waals surface area (Å²) < 4.78 is 0. The minimum Gasteiger partial charge on any atom is -0.355 e. The van der Waals surface area contributed by atoms with Crippen LogP contribution in [0.4, 0.5) is 0 Å². The Labute approximate surface area is 139 Å². The Balaban J connectivity index is 1.92. The average Bonchev–Trinajstić information content (AvgIpc) is 2.97. The van der Waals surface area contributed by atoms with Crippen molar-refractivity contribution in [2.75, 3.05) is 0 Å². The van der Waals surface area contributed by atoms with Gasteiger partial charge in [-0.2, -0.15) is 5.10 Å². The van der Waals surface area contributed by atoms with Crippen LogP contribution in [0.1, 0.15) is 51.4 Å². The Bertz CT molecular complexity index is 915. The summed E-state index contributed by atoms with van der Waals surface area (Å²) in [5.41, 5.74) is 4.66. The van der Waals surface area contributed by atoms with Gasteiger partial charge in [0.1, 0.15) is 0 Å². The minimum absolute atomic E-state index is 0.0274. The van der Waals surface area contributed by atoms with E-state index in [0.717, 1.165) is 22.5 Å². The molecule has 0 saturated carbocycles. The van der Waals surface area contributed by atoms with E-state index >= 15 is 0 Å². The topological polar surface area (TPSA) is 78.6 Å². The molecule has 122 valence electrons. The fraction of sp³-hybridized carbons (Fsp3) is 0.211. The minimum atomic E-state index is -0.233. The third-order valence-corrected chi connectivity index (χ3v) is 4.19. The number of aromatic nitrogens is 3. The van der Waals surface area contributed by atoms with Crippen LogP contribution in [0.5, 0.6) is 0 Å². The zero-order valence-electron chi connectivity index (χ0n) is 13.9. The van der Waals surface area contributed by atoms with Gasteiger partial charge in [0.2, 0.25) is 5.78 Å². The summed E-state index contributed by atoms with van der Waals surface area (Å²) in [4.78, 5) is 27.1. The van der Waals surface area contributed by atoms with E-state index in [9.17, 15) is 9.59 Å². The second kappa shape index (κ2) is 6.28. The van der Waals surface area contributed by atoms with E-state index in [2.05, 4.69) is 15.2 Å². The number of aryl methyl sites for hydroxylation is 2. The van der Waals surface area contributed by atoms with Crippen LogP contribution in [0.2, 0.25) is 0 Å². The number of hydrogen-bond acceptors (Lipinski definition) is 3. The molecule has 0 radical (unpaired) electrons. The second-order valence-electron chi connectivity index (χ2n) is 6.05. The molecular weight excluding hydrogens is 302 g/mol. The summed E-state index contributed by atoms with van der Waals surface area (Å²) in [6.45, 7) is 5.88. The van der Waals surface area contributed by atoms with Crippen molar-refractivity contribution in [2.24, 2.45) is 0 Å². The third kappa shape index (κ3) is 3.06. The summed E-state index contributed by atoms with van der Waals surface area (Å²) in [6, 6.07) is 12.6. The molecule has 2 N–H and O–H groups in total. The predicted molar refractivity (Wildman–Crippen MR) is 92.5 cm³/mol. The molecule has 24 heavy (non-hydrogen) atoms. The number of benzene rings is 1. The molecule has 1 unspecified atom stereocenters. The number of aromatic amines is 2. The molecule has 0 spiro atoms. The van der Waals surface area contributed by atoms with E-state index < -0.39 is 0 Å². The van der Waals surface area contributed by atoms with Gasteiger partial charge in [0.25, 0.3) is 5.56 Å². The van der Waals surface area contributed by atoms with Gasteiger partial charge < -0.3 is 4.98 Å². The fourth-order valence-electron chi connectivity index (χ4n) is 2.66. The molecule has 2 aromatic heterocycles. The Kier molecular flexibility index (Phi) is 4.16. The van der Waals surface area contributed by atoms with Crippen LogP contribution in [0.25, 0.3) is 0 Å². The molecule has 5 nitrogen and oxygen atoms in total. The quantitative estimate of drug-likeness (QED) is 0.725. The first-order valence-electron chi connectivity index (χ1n) is 7.82. The number of H-pyrrole nitrogens is 2. The van der Waals surface area contributed by atoms with Gasteiger partial charge in [-0.3, -0.25) is 9.59 Å². The monoisotopic (exact) mass is 321 g/mol. The summed E-state index contributed by atoms with van der Waals surface area (Å²) in [5, 5.41) is 6.50. The van der Waals surface area contributed by atoms with E-state index in [1.165, 1.54) is 6.07 Å². The highest BCUT2D eigenvalue weighted by atomic mass is 16.1. The van der Waals surface area contributed by atoms with Crippen LogP contribution in [0.15, 0.2) is 47.3 Å². The molecule has 2 heterocycles. The number of rotatable bonds is 4. The van der Waals surface area contributed by atoms with Crippen molar-refractivity contribution < 1.29 is 4.79 Å². The van der Waals surface area contributed by atoms with Crippen molar-refractivity contribution in [1.29, 1.82) is 0 Å². The third-order valence-electron chi connectivity index (χ3n) is 4.19. The van der Waals surface area contributed by atoms with Crippen molar-refractivity contribution in [2.45, 2.75) is 26.7 Å². The van der Waals surface area contributed by atoms with Gasteiger partial charge in [-0.25, -0.2) is 5.10 Å². The largest absolute Gasteiger partial charge is 0.355 e. The van der Waals surface area contributed by atoms with Crippen molar-refractivity contribution in [3.63, 3.8) is 0 Å². The summed E-state index contributed by atoms with van der Waals surface area (Å²) >= 11 is 0. The Morgan fingerprint density at radius 2 is 1.79 bits per heavy atom. The van der Waals surface area contributed by atoms with E-state index in [1.54, 1.807) is 6.07 Å². The first-order valence-corrected chi connectivity index (χ1v) is 7.82. The van der Waals surface area contributed by atoms with Crippen LogP contribution >= 0.6 is 0 Å². The number of nitrogens with zero attached hydrogens (tertiary/aromatic N) is 1. The fourth-order valence-corrected chi connectivity index (χ4v) is 2.66. The van der Waals surface area contributed by atoms with Gasteiger partial charge in [0.15, 0.2) is 0 Å². The summed E-state index contributed by atoms with van der Waals surface area (Å²) in [5.74, 6) is -0.0829. The van der Waals surface area contributed by atoms with Crippen molar-refractivity contribution >= 4 is 5.78 Å². The van der Waals surface area contributed by atoms with Crippen LogP contribution in [-0.4, -0.2) is 21.0 Å². The van der Waals surface area contributed by atoms with Gasteiger partial charge in [-0.15, -0.1) is 0 Å². The van der Waals surface area contributed by atoms with Gasteiger partial charge >= 0.3 is 0 Å². The maximum atomic E-state index is 12.7. The molecule has 0 fully saturated rings. The number of hydrogen-bond donors (Lipinski definition) is 2. The van der Waals surface area contributed by atoms with Crippen LogP contribution in [-0.2, 0) is 0 Å². The predicted octanol–water partition coefficient (Wildman–Crippen LogP) is 3.10. The summed E-state index contributed by atoms with van der Waals surface area (Å²) in [6.07, 6.45) is 0. The normalized spacial score (nSPS) is 12.1. The van der Waals surface area contributed by atoms with E-state index in [4.69, 9.17) is 0 Å². The molecule has 0 bridgehead atoms. The van der Waals surface area contributed by atoms with Crippen LogP contribution in [0, 0.1) is 13.8 Å². The van der Waals surface area contributed by atoms with Crippen LogP contribution in [0.3, 0.4) is 0 Å². The number of nitrogens with one attached hydrogen (secondary N) is 2. The molecule has 0 aliphatic carbocycles. The lowest BCUT2D eigenvalue weighted by atomic mass is 10.0. The molecule has 0 aliphatic rings. The Hall–Kier alpha value is -2.95. The lowest BCUT2D eigenvalue weighted by molar-refractivity contribution is 0.103. The van der Waals surface area contributed by atoms with Crippen molar-refractivity contribution in [1.82, 2.24) is 15.2 Å². The Morgan fingerprint density at radius 3 is 2.42 bits per heavy atom. The molecule has 0 aliphatic heterocycles. The molecule has 3 rings (SSSR count). The zero-order chi connectivity index (χ0) is 17.3. The van der Waals surface area contributed by atoms with Gasteiger partial charge in [0, 0.05) is 23.2 Å². The Morgan fingerprint density at radius 1 is 1.08 bits per heavy atom. The molecule has 0 amide bonds. The molecular formula is C19H19N3O2. The maximum absolute atomic E-state index is 12.7. The summed E-state index contributed by atoms with van der Waals surface area (Å²) in [7, 11) is 0. The molecule has 3 aromatic rings. The molecule has 1 aromatic carbocycles. The first kappa shape index (κ1) is 15.9. The lowest BCUT2D eigenvalue weighted by Gasteiger charge is -2.08.